The predicted molar refractivity (Wildman–Crippen MR) is 67.2 cm³/mol. The summed E-state index contributed by atoms with van der Waals surface area (Å²) in [6.07, 6.45) is 3.94. The van der Waals surface area contributed by atoms with E-state index in [1.807, 2.05) is 19.1 Å². The van der Waals surface area contributed by atoms with Gasteiger partial charge in [-0.15, -0.1) is 0 Å². The fourth-order valence-electron chi connectivity index (χ4n) is 1.89. The molecule has 1 aromatic carbocycles. The van der Waals surface area contributed by atoms with Crippen LogP contribution in [0, 0.1) is 6.92 Å². The molecule has 2 rings (SSSR count). The van der Waals surface area contributed by atoms with Crippen molar-refractivity contribution in [2.75, 3.05) is 7.11 Å². The van der Waals surface area contributed by atoms with Crippen LogP contribution in [0.2, 0.25) is 5.02 Å². The average Bonchev–Trinajstić information content (AvgIpc) is 2.20. The zero-order chi connectivity index (χ0) is 11.5. The molecule has 1 aromatic rings. The number of halogens is 1. The molecule has 1 aliphatic carbocycles. The first-order valence-electron chi connectivity index (χ1n) is 5.77. The Morgan fingerprint density at radius 1 is 1.44 bits per heavy atom. The lowest BCUT2D eigenvalue weighted by Gasteiger charge is -2.27. The molecule has 0 aromatic heterocycles. The van der Waals surface area contributed by atoms with Crippen molar-refractivity contribution in [1.82, 2.24) is 5.32 Å². The number of methoxy groups -OCH3 is 1. The molecule has 1 saturated carbocycles. The monoisotopic (exact) mass is 239 g/mol. The van der Waals surface area contributed by atoms with E-state index in [-0.39, 0.29) is 0 Å². The van der Waals surface area contributed by atoms with Crippen molar-refractivity contribution in [3.8, 4) is 5.75 Å². The summed E-state index contributed by atoms with van der Waals surface area (Å²) < 4.78 is 5.37. The van der Waals surface area contributed by atoms with Crippen LogP contribution in [0.1, 0.15) is 30.4 Å². The fraction of sp³-hybridized carbons (Fsp3) is 0.538. The van der Waals surface area contributed by atoms with Gasteiger partial charge in [-0.2, -0.15) is 0 Å². The minimum Gasteiger partial charge on any atom is -0.496 e. The van der Waals surface area contributed by atoms with E-state index in [2.05, 4.69) is 5.32 Å². The molecule has 0 saturated heterocycles. The average molecular weight is 240 g/mol. The molecule has 0 aliphatic heterocycles. The minimum atomic E-state index is 0.685. The molecule has 3 heteroatoms. The lowest BCUT2D eigenvalue weighted by molar-refractivity contribution is 0.334. The molecule has 0 bridgehead atoms. The molecule has 2 nitrogen and oxygen atoms in total. The van der Waals surface area contributed by atoms with Gasteiger partial charge in [-0.3, -0.25) is 0 Å². The molecular weight excluding hydrogens is 222 g/mol. The quantitative estimate of drug-likeness (QED) is 0.871. The first-order valence-corrected chi connectivity index (χ1v) is 6.15. The van der Waals surface area contributed by atoms with Crippen LogP contribution in [-0.2, 0) is 6.54 Å². The van der Waals surface area contributed by atoms with Crippen LogP contribution < -0.4 is 10.1 Å². The summed E-state index contributed by atoms with van der Waals surface area (Å²) in [5, 5.41) is 4.33. The van der Waals surface area contributed by atoms with Gasteiger partial charge in [-0.1, -0.05) is 18.0 Å². The van der Waals surface area contributed by atoms with Crippen molar-refractivity contribution in [1.29, 1.82) is 0 Å². The van der Waals surface area contributed by atoms with Gasteiger partial charge in [0.15, 0.2) is 0 Å². The van der Waals surface area contributed by atoms with Gasteiger partial charge in [0.05, 0.1) is 7.11 Å². The van der Waals surface area contributed by atoms with Crippen molar-refractivity contribution >= 4 is 11.6 Å². The van der Waals surface area contributed by atoms with Crippen LogP contribution in [0.5, 0.6) is 5.75 Å². The molecule has 0 radical (unpaired) electrons. The van der Waals surface area contributed by atoms with E-state index >= 15 is 0 Å². The van der Waals surface area contributed by atoms with Gasteiger partial charge < -0.3 is 10.1 Å². The lowest BCUT2D eigenvalue weighted by Crippen LogP contribution is -2.34. The molecular formula is C13H18ClNO. The largest absolute Gasteiger partial charge is 0.496 e. The van der Waals surface area contributed by atoms with Crippen LogP contribution in [0.4, 0.5) is 0 Å². The van der Waals surface area contributed by atoms with Crippen molar-refractivity contribution in [2.24, 2.45) is 0 Å². The van der Waals surface area contributed by atoms with Crippen LogP contribution in [0.3, 0.4) is 0 Å². The van der Waals surface area contributed by atoms with Crippen LogP contribution in [-0.4, -0.2) is 13.2 Å². The Balaban J connectivity index is 2.08. The van der Waals surface area contributed by atoms with Crippen LogP contribution >= 0.6 is 11.6 Å². The van der Waals surface area contributed by atoms with E-state index in [4.69, 9.17) is 16.3 Å². The summed E-state index contributed by atoms with van der Waals surface area (Å²) in [5.41, 5.74) is 2.20. The van der Waals surface area contributed by atoms with Gasteiger partial charge in [0.1, 0.15) is 5.75 Å². The maximum Gasteiger partial charge on any atom is 0.123 e. The standard InChI is InChI=1S/C13H18ClNO/c1-9-6-13(16-2)10(7-12(9)14)8-15-11-4-3-5-11/h6-7,11,15H,3-5,8H2,1-2H3. The minimum absolute atomic E-state index is 0.685. The zero-order valence-corrected chi connectivity index (χ0v) is 10.6. The maximum absolute atomic E-state index is 6.12. The number of hydrogen-bond donors (Lipinski definition) is 1. The Bertz CT molecular complexity index is 374. The number of aryl methyl sites for hydroxylation is 1. The number of rotatable bonds is 4. The molecule has 88 valence electrons. The second-order valence-electron chi connectivity index (χ2n) is 4.42. The van der Waals surface area contributed by atoms with Crippen LogP contribution in [0.15, 0.2) is 12.1 Å². The first kappa shape index (κ1) is 11.7. The Labute approximate surface area is 102 Å². The number of nitrogens with one attached hydrogen (secondary N) is 1. The van der Waals surface area contributed by atoms with Crippen molar-refractivity contribution in [3.63, 3.8) is 0 Å². The second-order valence-corrected chi connectivity index (χ2v) is 4.83. The molecule has 0 amide bonds. The van der Waals surface area contributed by atoms with Gasteiger partial charge >= 0.3 is 0 Å². The summed E-state index contributed by atoms with van der Waals surface area (Å²) in [4.78, 5) is 0. The van der Waals surface area contributed by atoms with E-state index in [9.17, 15) is 0 Å². The number of hydrogen-bond acceptors (Lipinski definition) is 2. The Kier molecular flexibility index (Phi) is 3.72. The Hall–Kier alpha value is -0.730. The third kappa shape index (κ3) is 2.50. The van der Waals surface area contributed by atoms with E-state index in [1.54, 1.807) is 7.11 Å². The maximum atomic E-state index is 6.12. The van der Waals surface area contributed by atoms with E-state index in [0.29, 0.717) is 6.04 Å². The molecule has 16 heavy (non-hydrogen) atoms. The molecule has 0 unspecified atom stereocenters. The second kappa shape index (κ2) is 5.07. The molecule has 0 heterocycles. The molecule has 0 spiro atoms. The first-order chi connectivity index (χ1) is 7.70. The molecule has 1 fully saturated rings. The van der Waals surface area contributed by atoms with E-state index in [0.717, 1.165) is 28.4 Å². The normalized spacial score (nSPS) is 15.9. The van der Waals surface area contributed by atoms with Gasteiger partial charge in [0, 0.05) is 23.2 Å². The summed E-state index contributed by atoms with van der Waals surface area (Å²) in [5.74, 6) is 0.925. The number of benzene rings is 1. The summed E-state index contributed by atoms with van der Waals surface area (Å²) in [6, 6.07) is 4.69. The highest BCUT2D eigenvalue weighted by atomic mass is 35.5. The predicted octanol–water partition coefficient (Wildman–Crippen LogP) is 3.30. The van der Waals surface area contributed by atoms with Crippen LogP contribution in [0.25, 0.3) is 0 Å². The molecule has 0 atom stereocenters. The van der Waals surface area contributed by atoms with Gasteiger partial charge in [0.2, 0.25) is 0 Å². The van der Waals surface area contributed by atoms with Crippen molar-refractivity contribution in [2.45, 2.75) is 38.8 Å². The SMILES string of the molecule is COc1cc(C)c(Cl)cc1CNC1CCC1. The van der Waals surface area contributed by atoms with Crippen molar-refractivity contribution in [3.05, 3.63) is 28.3 Å². The third-order valence-electron chi connectivity index (χ3n) is 3.25. The van der Waals surface area contributed by atoms with E-state index < -0.39 is 0 Å². The molecule has 1 N–H and O–H groups in total. The topological polar surface area (TPSA) is 21.3 Å². The highest BCUT2D eigenvalue weighted by Gasteiger charge is 2.17. The highest BCUT2D eigenvalue weighted by Crippen LogP contribution is 2.27. The van der Waals surface area contributed by atoms with Crippen molar-refractivity contribution < 1.29 is 4.74 Å². The fourth-order valence-corrected chi connectivity index (χ4v) is 2.08. The number of ether oxygens (including phenoxy) is 1. The van der Waals surface area contributed by atoms with Gasteiger partial charge in [0.25, 0.3) is 0 Å². The Morgan fingerprint density at radius 2 is 2.19 bits per heavy atom. The zero-order valence-electron chi connectivity index (χ0n) is 9.85. The summed E-state index contributed by atoms with van der Waals surface area (Å²) in [6.45, 7) is 2.84. The Morgan fingerprint density at radius 3 is 2.75 bits per heavy atom. The van der Waals surface area contributed by atoms with Gasteiger partial charge in [-0.25, -0.2) is 0 Å². The summed E-state index contributed by atoms with van der Waals surface area (Å²) in [7, 11) is 1.70. The molecule has 1 aliphatic rings. The lowest BCUT2D eigenvalue weighted by atomic mass is 9.93. The third-order valence-corrected chi connectivity index (χ3v) is 3.66. The van der Waals surface area contributed by atoms with Gasteiger partial charge in [-0.05, 0) is 37.5 Å². The smallest absolute Gasteiger partial charge is 0.123 e. The van der Waals surface area contributed by atoms with E-state index in [1.165, 1.54) is 19.3 Å². The summed E-state index contributed by atoms with van der Waals surface area (Å²) >= 11 is 6.12. The highest BCUT2D eigenvalue weighted by molar-refractivity contribution is 6.31.